The maximum atomic E-state index is 12.1. The van der Waals surface area contributed by atoms with E-state index < -0.39 is 0 Å². The minimum absolute atomic E-state index is 0.0118. The first kappa shape index (κ1) is 14.5. The minimum Gasteiger partial charge on any atom is -0.341 e. The molecule has 17 heavy (non-hydrogen) atoms. The normalized spacial score (nSPS) is 23.2. The summed E-state index contributed by atoms with van der Waals surface area (Å²) >= 11 is 0. The van der Waals surface area contributed by atoms with Gasteiger partial charge in [-0.25, -0.2) is 0 Å². The van der Waals surface area contributed by atoms with Crippen LogP contribution >= 0.6 is 0 Å². The van der Waals surface area contributed by atoms with Crippen LogP contribution in [0.25, 0.3) is 0 Å². The number of rotatable bonds is 4. The summed E-state index contributed by atoms with van der Waals surface area (Å²) in [6.45, 7) is 5.89. The van der Waals surface area contributed by atoms with E-state index in [1.54, 1.807) is 0 Å². The van der Waals surface area contributed by atoms with Crippen molar-refractivity contribution in [1.82, 2.24) is 9.80 Å². The number of hydrogen-bond donors (Lipinski definition) is 1. The Morgan fingerprint density at radius 3 is 2.65 bits per heavy atom. The Morgan fingerprint density at radius 2 is 2.12 bits per heavy atom. The summed E-state index contributed by atoms with van der Waals surface area (Å²) in [7, 11) is 4.16. The van der Waals surface area contributed by atoms with Crippen LogP contribution in [0.15, 0.2) is 0 Å². The van der Waals surface area contributed by atoms with Crippen molar-refractivity contribution in [2.75, 3.05) is 27.2 Å². The van der Waals surface area contributed by atoms with Crippen molar-refractivity contribution in [1.29, 1.82) is 0 Å². The van der Waals surface area contributed by atoms with E-state index in [2.05, 4.69) is 32.8 Å². The second kappa shape index (κ2) is 6.36. The molecule has 0 bridgehead atoms. The van der Waals surface area contributed by atoms with Gasteiger partial charge in [-0.1, -0.05) is 13.8 Å². The molecule has 1 rings (SSSR count). The molecule has 1 aliphatic rings. The van der Waals surface area contributed by atoms with Crippen molar-refractivity contribution in [2.45, 2.75) is 45.2 Å². The smallest absolute Gasteiger partial charge is 0.224 e. The molecular formula is C13H27N3O. The predicted octanol–water partition coefficient (Wildman–Crippen LogP) is 0.912. The van der Waals surface area contributed by atoms with Crippen LogP contribution in [0.4, 0.5) is 0 Å². The average Bonchev–Trinajstić information content (AvgIpc) is 2.28. The highest BCUT2D eigenvalue weighted by atomic mass is 16.2. The number of amides is 1. The molecule has 0 aromatic carbocycles. The van der Waals surface area contributed by atoms with Crippen molar-refractivity contribution >= 4 is 5.91 Å². The van der Waals surface area contributed by atoms with Gasteiger partial charge in [0.1, 0.15) is 0 Å². The molecule has 1 aliphatic heterocycles. The Bertz CT molecular complexity index is 253. The Hall–Kier alpha value is -0.610. The van der Waals surface area contributed by atoms with E-state index in [4.69, 9.17) is 5.73 Å². The van der Waals surface area contributed by atoms with Crippen molar-refractivity contribution < 1.29 is 4.79 Å². The van der Waals surface area contributed by atoms with Gasteiger partial charge in [-0.05, 0) is 32.9 Å². The van der Waals surface area contributed by atoms with Crippen LogP contribution in [0.1, 0.15) is 33.1 Å². The number of piperidine rings is 1. The van der Waals surface area contributed by atoms with Crippen LogP contribution in [0, 0.1) is 5.92 Å². The summed E-state index contributed by atoms with van der Waals surface area (Å²) in [5.74, 6) is 0.589. The third kappa shape index (κ3) is 4.28. The lowest BCUT2D eigenvalue weighted by Gasteiger charge is -2.36. The lowest BCUT2D eigenvalue weighted by molar-refractivity contribution is -0.133. The summed E-state index contributed by atoms with van der Waals surface area (Å²) in [5.41, 5.74) is 5.96. The molecule has 1 fully saturated rings. The Labute approximate surface area is 105 Å². The van der Waals surface area contributed by atoms with Crippen molar-refractivity contribution in [3.05, 3.63) is 0 Å². The Morgan fingerprint density at radius 1 is 1.47 bits per heavy atom. The molecule has 0 aromatic rings. The standard InChI is InChI=1S/C13H27N3O/c1-10(2)12(14)8-13(17)16-7-5-6-11(9-16)15(3)4/h10-12H,5-9,14H2,1-4H3. The first-order chi connectivity index (χ1) is 7.91. The maximum Gasteiger partial charge on any atom is 0.224 e. The highest BCUT2D eigenvalue weighted by molar-refractivity contribution is 5.77. The molecule has 0 saturated carbocycles. The number of likely N-dealkylation sites (tertiary alicyclic amines) is 1. The molecule has 0 aromatic heterocycles. The van der Waals surface area contributed by atoms with Crippen molar-refractivity contribution in [2.24, 2.45) is 11.7 Å². The third-order valence-corrected chi connectivity index (χ3v) is 3.75. The molecule has 1 heterocycles. The van der Waals surface area contributed by atoms with E-state index in [0.29, 0.717) is 18.4 Å². The fourth-order valence-corrected chi connectivity index (χ4v) is 2.17. The van der Waals surface area contributed by atoms with Gasteiger partial charge in [0.15, 0.2) is 0 Å². The first-order valence-electron chi connectivity index (χ1n) is 6.61. The molecule has 1 saturated heterocycles. The molecule has 4 heteroatoms. The summed E-state index contributed by atoms with van der Waals surface area (Å²) < 4.78 is 0. The van der Waals surface area contributed by atoms with Gasteiger partial charge in [0, 0.05) is 31.6 Å². The predicted molar refractivity (Wildman–Crippen MR) is 70.7 cm³/mol. The highest BCUT2D eigenvalue weighted by Crippen LogP contribution is 2.15. The average molecular weight is 241 g/mol. The monoisotopic (exact) mass is 241 g/mol. The van der Waals surface area contributed by atoms with Crippen LogP contribution in [0.5, 0.6) is 0 Å². The Balaban J connectivity index is 2.46. The Kier molecular flexibility index (Phi) is 5.40. The van der Waals surface area contributed by atoms with E-state index in [9.17, 15) is 4.79 Å². The van der Waals surface area contributed by atoms with Gasteiger partial charge >= 0.3 is 0 Å². The molecule has 1 amide bonds. The van der Waals surface area contributed by atoms with Crippen LogP contribution in [0.2, 0.25) is 0 Å². The molecule has 4 nitrogen and oxygen atoms in total. The maximum absolute atomic E-state index is 12.1. The fourth-order valence-electron chi connectivity index (χ4n) is 2.17. The van der Waals surface area contributed by atoms with Gasteiger partial charge in [0.2, 0.25) is 5.91 Å². The zero-order valence-electron chi connectivity index (χ0n) is 11.6. The quantitative estimate of drug-likeness (QED) is 0.796. The van der Waals surface area contributed by atoms with Gasteiger partial charge in [-0.15, -0.1) is 0 Å². The second-order valence-electron chi connectivity index (χ2n) is 5.71. The van der Waals surface area contributed by atoms with Gasteiger partial charge in [-0.2, -0.15) is 0 Å². The lowest BCUT2D eigenvalue weighted by Crippen LogP contribution is -2.48. The minimum atomic E-state index is -0.0118. The van der Waals surface area contributed by atoms with Gasteiger partial charge < -0.3 is 15.5 Å². The van der Waals surface area contributed by atoms with Crippen LogP contribution in [-0.4, -0.2) is 55.0 Å². The fraction of sp³-hybridized carbons (Fsp3) is 0.923. The molecule has 0 spiro atoms. The number of carbonyl (C=O) groups excluding carboxylic acids is 1. The van der Waals surface area contributed by atoms with Crippen LogP contribution in [-0.2, 0) is 4.79 Å². The highest BCUT2D eigenvalue weighted by Gasteiger charge is 2.26. The van der Waals surface area contributed by atoms with E-state index in [0.717, 1.165) is 19.5 Å². The molecule has 100 valence electrons. The topological polar surface area (TPSA) is 49.6 Å². The molecular weight excluding hydrogens is 214 g/mol. The van der Waals surface area contributed by atoms with E-state index in [1.807, 2.05) is 4.90 Å². The van der Waals surface area contributed by atoms with Gasteiger partial charge in [-0.3, -0.25) is 4.79 Å². The first-order valence-corrected chi connectivity index (χ1v) is 6.61. The van der Waals surface area contributed by atoms with E-state index in [-0.39, 0.29) is 11.9 Å². The van der Waals surface area contributed by atoms with Crippen LogP contribution < -0.4 is 5.73 Å². The van der Waals surface area contributed by atoms with E-state index >= 15 is 0 Å². The number of nitrogens with two attached hydrogens (primary N) is 1. The summed E-state index contributed by atoms with van der Waals surface area (Å²) in [6, 6.07) is 0.491. The SMILES string of the molecule is CC(C)C(N)CC(=O)N1CCCC(N(C)C)C1. The summed E-state index contributed by atoms with van der Waals surface area (Å²) in [6.07, 6.45) is 2.77. The second-order valence-corrected chi connectivity index (χ2v) is 5.71. The molecule has 0 aliphatic carbocycles. The van der Waals surface area contributed by atoms with Gasteiger partial charge in [0.25, 0.3) is 0 Å². The lowest BCUT2D eigenvalue weighted by atomic mass is 9.99. The van der Waals surface area contributed by atoms with Gasteiger partial charge in [0.05, 0.1) is 0 Å². The summed E-state index contributed by atoms with van der Waals surface area (Å²) in [4.78, 5) is 16.3. The summed E-state index contributed by atoms with van der Waals surface area (Å²) in [5, 5.41) is 0. The number of carbonyl (C=O) groups is 1. The third-order valence-electron chi connectivity index (χ3n) is 3.75. The van der Waals surface area contributed by atoms with Crippen LogP contribution in [0.3, 0.4) is 0 Å². The van der Waals surface area contributed by atoms with Crippen molar-refractivity contribution in [3.8, 4) is 0 Å². The molecule has 0 radical (unpaired) electrons. The molecule has 2 N–H and O–H groups in total. The largest absolute Gasteiger partial charge is 0.341 e. The van der Waals surface area contributed by atoms with Crippen molar-refractivity contribution in [3.63, 3.8) is 0 Å². The number of hydrogen-bond acceptors (Lipinski definition) is 3. The molecule has 2 atom stereocenters. The zero-order chi connectivity index (χ0) is 13.0. The number of likely N-dealkylation sites (N-methyl/N-ethyl adjacent to an activating group) is 1. The molecule has 2 unspecified atom stereocenters. The zero-order valence-corrected chi connectivity index (χ0v) is 11.6. The van der Waals surface area contributed by atoms with E-state index in [1.165, 1.54) is 6.42 Å². The number of nitrogens with zero attached hydrogens (tertiary/aromatic N) is 2.